The molecule has 1 aliphatic carbocycles. The van der Waals surface area contributed by atoms with Gasteiger partial charge in [-0.15, -0.1) is 0 Å². The SMILES string of the molecule is CC(C)(NC(=O)NCC1CCCCC1C(=O)O)C(N)=O. The van der Waals surface area contributed by atoms with E-state index in [4.69, 9.17) is 10.8 Å². The van der Waals surface area contributed by atoms with Crippen LogP contribution >= 0.6 is 0 Å². The predicted octanol–water partition coefficient (Wildman–Crippen LogP) is 0.441. The van der Waals surface area contributed by atoms with Crippen LogP contribution in [0.15, 0.2) is 0 Å². The minimum atomic E-state index is -1.14. The molecule has 1 saturated carbocycles. The lowest BCUT2D eigenvalue weighted by molar-refractivity contribution is -0.144. The quantitative estimate of drug-likeness (QED) is 0.585. The number of carbonyl (C=O) groups excluding carboxylic acids is 2. The molecule has 0 aliphatic heterocycles. The third-order valence-corrected chi connectivity index (χ3v) is 3.79. The number of aliphatic carboxylic acids is 1. The Bertz CT molecular complexity index is 395. The van der Waals surface area contributed by atoms with Crippen molar-refractivity contribution in [2.24, 2.45) is 17.6 Å². The van der Waals surface area contributed by atoms with Gasteiger partial charge in [-0.3, -0.25) is 9.59 Å². The molecule has 0 saturated heterocycles. The molecule has 2 atom stereocenters. The maximum Gasteiger partial charge on any atom is 0.315 e. The molecule has 0 spiro atoms. The molecular weight excluding hydrogens is 262 g/mol. The first kappa shape index (κ1) is 16.3. The van der Waals surface area contributed by atoms with Crippen LogP contribution in [0.5, 0.6) is 0 Å². The van der Waals surface area contributed by atoms with Gasteiger partial charge in [0.05, 0.1) is 5.92 Å². The van der Waals surface area contributed by atoms with Gasteiger partial charge < -0.3 is 21.5 Å². The number of hydrogen-bond acceptors (Lipinski definition) is 3. The number of nitrogens with two attached hydrogens (primary N) is 1. The van der Waals surface area contributed by atoms with E-state index in [0.717, 1.165) is 19.3 Å². The van der Waals surface area contributed by atoms with Gasteiger partial charge in [0.25, 0.3) is 0 Å². The fourth-order valence-corrected chi connectivity index (χ4v) is 2.39. The van der Waals surface area contributed by atoms with E-state index < -0.39 is 29.4 Å². The maximum atomic E-state index is 11.7. The first-order valence-electron chi connectivity index (χ1n) is 6.82. The fourth-order valence-electron chi connectivity index (χ4n) is 2.39. The molecule has 0 radical (unpaired) electrons. The van der Waals surface area contributed by atoms with Crippen LogP contribution in [-0.2, 0) is 9.59 Å². The van der Waals surface area contributed by atoms with Gasteiger partial charge in [-0.1, -0.05) is 12.8 Å². The molecule has 0 heterocycles. The van der Waals surface area contributed by atoms with Crippen LogP contribution in [0.25, 0.3) is 0 Å². The first-order chi connectivity index (χ1) is 9.24. The van der Waals surface area contributed by atoms with Gasteiger partial charge >= 0.3 is 12.0 Å². The second-order valence-electron chi connectivity index (χ2n) is 5.81. The minimum Gasteiger partial charge on any atom is -0.481 e. The molecule has 1 aliphatic rings. The van der Waals surface area contributed by atoms with E-state index in [1.165, 1.54) is 13.8 Å². The zero-order valence-electron chi connectivity index (χ0n) is 11.9. The third kappa shape index (κ3) is 4.40. The van der Waals surface area contributed by atoms with Crippen LogP contribution in [0.3, 0.4) is 0 Å². The summed E-state index contributed by atoms with van der Waals surface area (Å²) in [7, 11) is 0. The summed E-state index contributed by atoms with van der Waals surface area (Å²) in [5.41, 5.74) is 4.02. The van der Waals surface area contributed by atoms with Crippen molar-refractivity contribution in [1.82, 2.24) is 10.6 Å². The minimum absolute atomic E-state index is 0.0660. The zero-order chi connectivity index (χ0) is 15.3. The van der Waals surface area contributed by atoms with Crippen LogP contribution in [0, 0.1) is 11.8 Å². The summed E-state index contributed by atoms with van der Waals surface area (Å²) in [4.78, 5) is 33.9. The van der Waals surface area contributed by atoms with E-state index in [1.807, 2.05) is 0 Å². The summed E-state index contributed by atoms with van der Waals surface area (Å²) >= 11 is 0. The number of hydrogen-bond donors (Lipinski definition) is 4. The van der Waals surface area contributed by atoms with E-state index in [1.54, 1.807) is 0 Å². The van der Waals surface area contributed by atoms with Crippen molar-refractivity contribution >= 4 is 17.9 Å². The van der Waals surface area contributed by atoms with Crippen molar-refractivity contribution < 1.29 is 19.5 Å². The molecule has 1 fully saturated rings. The highest BCUT2D eigenvalue weighted by molar-refractivity contribution is 5.89. The predicted molar refractivity (Wildman–Crippen MR) is 72.9 cm³/mol. The number of carboxylic acid groups (broad SMARTS) is 1. The zero-order valence-corrected chi connectivity index (χ0v) is 11.9. The second-order valence-corrected chi connectivity index (χ2v) is 5.81. The molecule has 7 heteroatoms. The smallest absolute Gasteiger partial charge is 0.315 e. The molecular formula is C13H23N3O4. The van der Waals surface area contributed by atoms with Gasteiger partial charge in [0.2, 0.25) is 5.91 Å². The number of carboxylic acids is 1. The Labute approximate surface area is 118 Å². The number of urea groups is 1. The van der Waals surface area contributed by atoms with Crippen LogP contribution in [-0.4, -0.2) is 35.1 Å². The molecule has 5 N–H and O–H groups in total. The monoisotopic (exact) mass is 285 g/mol. The molecule has 7 nitrogen and oxygen atoms in total. The van der Waals surface area contributed by atoms with E-state index in [-0.39, 0.29) is 12.5 Å². The summed E-state index contributed by atoms with van der Waals surface area (Å²) in [6.07, 6.45) is 3.32. The van der Waals surface area contributed by atoms with Crippen LogP contribution in [0.4, 0.5) is 4.79 Å². The average molecular weight is 285 g/mol. The molecule has 0 aromatic rings. The lowest BCUT2D eigenvalue weighted by Gasteiger charge is -2.29. The summed E-state index contributed by atoms with van der Waals surface area (Å²) in [6, 6.07) is -0.511. The fraction of sp³-hybridized carbons (Fsp3) is 0.769. The Kier molecular flexibility index (Phi) is 5.35. The lowest BCUT2D eigenvalue weighted by Crippen LogP contribution is -2.56. The Morgan fingerprint density at radius 1 is 1.25 bits per heavy atom. The van der Waals surface area contributed by atoms with Crippen molar-refractivity contribution in [2.45, 2.75) is 45.1 Å². The third-order valence-electron chi connectivity index (χ3n) is 3.79. The molecule has 0 aromatic carbocycles. The second kappa shape index (κ2) is 6.58. The maximum absolute atomic E-state index is 11.7. The van der Waals surface area contributed by atoms with Crippen molar-refractivity contribution in [3.8, 4) is 0 Å². The standard InChI is InChI=1S/C13H23N3O4/c1-13(2,11(14)19)16-12(20)15-7-8-5-3-4-6-9(8)10(17)18/h8-9H,3-7H2,1-2H3,(H2,14,19)(H,17,18)(H2,15,16,20). The topological polar surface area (TPSA) is 122 Å². The van der Waals surface area contributed by atoms with Gasteiger partial charge in [0.1, 0.15) is 5.54 Å². The number of rotatable bonds is 5. The molecule has 114 valence electrons. The van der Waals surface area contributed by atoms with Gasteiger partial charge in [-0.25, -0.2) is 4.79 Å². The van der Waals surface area contributed by atoms with Crippen molar-refractivity contribution in [3.05, 3.63) is 0 Å². The number of carbonyl (C=O) groups is 3. The van der Waals surface area contributed by atoms with E-state index in [9.17, 15) is 14.4 Å². The summed E-state index contributed by atoms with van der Waals surface area (Å²) in [6.45, 7) is 3.31. The van der Waals surface area contributed by atoms with Crippen LogP contribution in [0.1, 0.15) is 39.5 Å². The molecule has 20 heavy (non-hydrogen) atoms. The van der Waals surface area contributed by atoms with E-state index in [0.29, 0.717) is 6.42 Å². The average Bonchev–Trinajstić information content (AvgIpc) is 2.35. The molecule has 0 aromatic heterocycles. The lowest BCUT2D eigenvalue weighted by atomic mass is 9.79. The Morgan fingerprint density at radius 2 is 1.85 bits per heavy atom. The van der Waals surface area contributed by atoms with Crippen molar-refractivity contribution in [2.75, 3.05) is 6.54 Å². The highest BCUT2D eigenvalue weighted by atomic mass is 16.4. The van der Waals surface area contributed by atoms with Gasteiger partial charge in [0.15, 0.2) is 0 Å². The number of primary amides is 1. The van der Waals surface area contributed by atoms with Crippen molar-refractivity contribution in [1.29, 1.82) is 0 Å². The Morgan fingerprint density at radius 3 is 2.40 bits per heavy atom. The number of amides is 3. The highest BCUT2D eigenvalue weighted by Gasteiger charge is 2.32. The highest BCUT2D eigenvalue weighted by Crippen LogP contribution is 2.29. The first-order valence-corrected chi connectivity index (χ1v) is 6.82. The summed E-state index contributed by atoms with van der Waals surface area (Å²) in [5.74, 6) is -1.92. The van der Waals surface area contributed by atoms with Gasteiger partial charge in [0, 0.05) is 6.54 Å². The van der Waals surface area contributed by atoms with E-state index >= 15 is 0 Å². The normalized spacial score (nSPS) is 22.9. The van der Waals surface area contributed by atoms with Crippen molar-refractivity contribution in [3.63, 3.8) is 0 Å². The Balaban J connectivity index is 2.47. The summed E-state index contributed by atoms with van der Waals surface area (Å²) in [5, 5.41) is 14.2. The van der Waals surface area contributed by atoms with Crippen LogP contribution < -0.4 is 16.4 Å². The molecule has 0 bridgehead atoms. The van der Waals surface area contributed by atoms with Gasteiger partial charge in [-0.05, 0) is 32.6 Å². The molecule has 3 amide bonds. The summed E-state index contributed by atoms with van der Waals surface area (Å²) < 4.78 is 0. The van der Waals surface area contributed by atoms with Crippen LogP contribution in [0.2, 0.25) is 0 Å². The largest absolute Gasteiger partial charge is 0.481 e. The molecule has 1 rings (SSSR count). The van der Waals surface area contributed by atoms with Gasteiger partial charge in [-0.2, -0.15) is 0 Å². The Hall–Kier alpha value is -1.79. The molecule has 2 unspecified atom stereocenters. The van der Waals surface area contributed by atoms with E-state index in [2.05, 4.69) is 10.6 Å². The number of nitrogens with one attached hydrogen (secondary N) is 2.